The average Bonchev–Trinajstić information content (AvgIpc) is 3.31. The van der Waals surface area contributed by atoms with E-state index in [1.165, 1.54) is 5.56 Å². The fourth-order valence-corrected chi connectivity index (χ4v) is 3.18. The van der Waals surface area contributed by atoms with Crippen LogP contribution in [0.15, 0.2) is 83.5 Å². The third-order valence-electron chi connectivity index (χ3n) is 4.46. The Kier molecular flexibility index (Phi) is 4.56. The van der Waals surface area contributed by atoms with Crippen molar-refractivity contribution in [3.63, 3.8) is 0 Å². The predicted octanol–water partition coefficient (Wildman–Crippen LogP) is 4.26. The summed E-state index contributed by atoms with van der Waals surface area (Å²) in [4.78, 5) is 12.8. The molecule has 2 aromatic heterocycles. The number of nitrogens with one attached hydrogen (secondary N) is 1. The van der Waals surface area contributed by atoms with Crippen LogP contribution < -0.4 is 5.32 Å². The molecule has 26 heavy (non-hydrogen) atoms. The first kappa shape index (κ1) is 16.2. The Bertz CT molecular complexity index is 1000. The van der Waals surface area contributed by atoms with Crippen molar-refractivity contribution in [3.8, 4) is 0 Å². The molecule has 2 aromatic carbocycles. The van der Waals surface area contributed by atoms with Crippen molar-refractivity contribution in [1.82, 2.24) is 9.88 Å². The molecule has 4 heteroatoms. The van der Waals surface area contributed by atoms with Gasteiger partial charge in [-0.25, -0.2) is 0 Å². The molecule has 4 aromatic rings. The quantitative estimate of drug-likeness (QED) is 0.568. The Hall–Kier alpha value is -3.27. The van der Waals surface area contributed by atoms with Gasteiger partial charge >= 0.3 is 0 Å². The number of carbonyl (C=O) groups excluding carboxylic acids is 1. The van der Waals surface area contributed by atoms with Crippen molar-refractivity contribution in [2.24, 2.45) is 0 Å². The Morgan fingerprint density at radius 3 is 2.58 bits per heavy atom. The summed E-state index contributed by atoms with van der Waals surface area (Å²) < 4.78 is 7.39. The van der Waals surface area contributed by atoms with Crippen LogP contribution in [0.25, 0.3) is 10.9 Å². The van der Waals surface area contributed by atoms with Gasteiger partial charge in [0, 0.05) is 30.4 Å². The number of carbonyl (C=O) groups is 1. The number of para-hydroxylation sites is 1. The summed E-state index contributed by atoms with van der Waals surface area (Å²) in [6.07, 6.45) is 2.33. The van der Waals surface area contributed by atoms with Gasteiger partial charge in [0.2, 0.25) is 0 Å². The minimum atomic E-state index is -0.0660. The highest BCUT2D eigenvalue weighted by atomic mass is 16.3. The van der Waals surface area contributed by atoms with Crippen LogP contribution in [-0.2, 0) is 13.0 Å². The second-order valence-corrected chi connectivity index (χ2v) is 6.25. The lowest BCUT2D eigenvalue weighted by Gasteiger charge is -2.11. The van der Waals surface area contributed by atoms with Crippen molar-refractivity contribution in [2.45, 2.75) is 13.0 Å². The maximum atomic E-state index is 12.8. The summed E-state index contributed by atoms with van der Waals surface area (Å²) in [6.45, 7) is 1.20. The van der Waals surface area contributed by atoms with E-state index >= 15 is 0 Å². The molecule has 0 aliphatic rings. The zero-order valence-electron chi connectivity index (χ0n) is 14.4. The summed E-state index contributed by atoms with van der Waals surface area (Å²) >= 11 is 0. The van der Waals surface area contributed by atoms with Crippen molar-refractivity contribution < 1.29 is 9.21 Å². The first-order valence-corrected chi connectivity index (χ1v) is 8.74. The first-order chi connectivity index (χ1) is 12.8. The Balaban J connectivity index is 1.58. The van der Waals surface area contributed by atoms with Gasteiger partial charge in [-0.1, -0.05) is 48.5 Å². The number of amides is 1. The lowest BCUT2D eigenvalue weighted by molar-refractivity contribution is 0.0945. The van der Waals surface area contributed by atoms with Gasteiger partial charge in [-0.05, 0) is 29.8 Å². The van der Waals surface area contributed by atoms with E-state index in [1.54, 1.807) is 6.26 Å². The SMILES string of the molecule is O=C(NCCc1ccco1)c1cc2ccccc2n1Cc1ccccc1. The molecule has 2 heterocycles. The summed E-state index contributed by atoms with van der Waals surface area (Å²) in [6, 6.07) is 24.0. The normalized spacial score (nSPS) is 10.9. The summed E-state index contributed by atoms with van der Waals surface area (Å²) in [5.41, 5.74) is 2.90. The molecule has 0 saturated carbocycles. The molecular formula is C22H20N2O2. The lowest BCUT2D eigenvalue weighted by Crippen LogP contribution is -2.28. The van der Waals surface area contributed by atoms with E-state index in [0.717, 1.165) is 16.7 Å². The molecule has 1 amide bonds. The predicted molar refractivity (Wildman–Crippen MR) is 102 cm³/mol. The van der Waals surface area contributed by atoms with Crippen LogP contribution in [0.2, 0.25) is 0 Å². The summed E-state index contributed by atoms with van der Waals surface area (Å²) in [5.74, 6) is 0.804. The molecule has 0 bridgehead atoms. The van der Waals surface area contributed by atoms with Crippen LogP contribution in [0.1, 0.15) is 21.8 Å². The molecule has 0 fully saturated rings. The molecule has 0 saturated heterocycles. The van der Waals surface area contributed by atoms with Gasteiger partial charge in [0.1, 0.15) is 11.5 Å². The molecular weight excluding hydrogens is 324 g/mol. The number of aromatic nitrogens is 1. The zero-order chi connectivity index (χ0) is 17.8. The van der Waals surface area contributed by atoms with Gasteiger partial charge in [-0.2, -0.15) is 0 Å². The summed E-state index contributed by atoms with van der Waals surface area (Å²) in [5, 5.41) is 4.07. The van der Waals surface area contributed by atoms with E-state index in [-0.39, 0.29) is 5.91 Å². The molecule has 130 valence electrons. The minimum absolute atomic E-state index is 0.0660. The molecule has 0 radical (unpaired) electrons. The summed E-state index contributed by atoms with van der Waals surface area (Å²) in [7, 11) is 0. The fraction of sp³-hybridized carbons (Fsp3) is 0.136. The highest BCUT2D eigenvalue weighted by Gasteiger charge is 2.15. The molecule has 0 aliphatic carbocycles. The van der Waals surface area contributed by atoms with Crippen LogP contribution in [0.4, 0.5) is 0 Å². The van der Waals surface area contributed by atoms with Crippen LogP contribution >= 0.6 is 0 Å². The minimum Gasteiger partial charge on any atom is -0.469 e. The first-order valence-electron chi connectivity index (χ1n) is 8.74. The average molecular weight is 344 g/mol. The highest BCUT2D eigenvalue weighted by Crippen LogP contribution is 2.21. The van der Waals surface area contributed by atoms with E-state index in [1.807, 2.05) is 54.6 Å². The molecule has 0 unspecified atom stereocenters. The van der Waals surface area contributed by atoms with E-state index in [4.69, 9.17) is 4.42 Å². The van der Waals surface area contributed by atoms with Gasteiger partial charge in [0.05, 0.1) is 6.26 Å². The third kappa shape index (κ3) is 3.40. The third-order valence-corrected chi connectivity index (χ3v) is 4.46. The molecule has 1 N–H and O–H groups in total. The molecule has 4 nitrogen and oxygen atoms in total. The molecule has 0 aliphatic heterocycles. The van der Waals surface area contributed by atoms with Crippen LogP contribution in [0.5, 0.6) is 0 Å². The largest absolute Gasteiger partial charge is 0.469 e. The van der Waals surface area contributed by atoms with E-state index < -0.39 is 0 Å². The topological polar surface area (TPSA) is 47.2 Å². The van der Waals surface area contributed by atoms with Crippen molar-refractivity contribution >= 4 is 16.8 Å². The van der Waals surface area contributed by atoms with Crippen LogP contribution in [0.3, 0.4) is 0 Å². The van der Waals surface area contributed by atoms with E-state index in [0.29, 0.717) is 25.2 Å². The van der Waals surface area contributed by atoms with Gasteiger partial charge < -0.3 is 14.3 Å². The van der Waals surface area contributed by atoms with Crippen LogP contribution in [-0.4, -0.2) is 17.0 Å². The number of nitrogens with zero attached hydrogens (tertiary/aromatic N) is 1. The molecule has 0 atom stereocenters. The Morgan fingerprint density at radius 2 is 1.77 bits per heavy atom. The smallest absolute Gasteiger partial charge is 0.267 e. The number of furan rings is 1. The van der Waals surface area contributed by atoms with Gasteiger partial charge in [0.25, 0.3) is 5.91 Å². The molecule has 4 rings (SSSR count). The van der Waals surface area contributed by atoms with Crippen molar-refractivity contribution in [2.75, 3.05) is 6.54 Å². The highest BCUT2D eigenvalue weighted by molar-refractivity contribution is 5.98. The second kappa shape index (κ2) is 7.31. The maximum absolute atomic E-state index is 12.8. The zero-order valence-corrected chi connectivity index (χ0v) is 14.4. The maximum Gasteiger partial charge on any atom is 0.267 e. The Labute approximate surface area is 152 Å². The van der Waals surface area contributed by atoms with Gasteiger partial charge in [0.15, 0.2) is 0 Å². The van der Waals surface area contributed by atoms with Crippen LogP contribution in [0, 0.1) is 0 Å². The standard InChI is InChI=1S/C22H20N2O2/c25-22(23-13-12-19-10-6-14-26-19)21-15-18-9-4-5-11-20(18)24(21)16-17-7-2-1-3-8-17/h1-11,14-15H,12-13,16H2,(H,23,25). The fourth-order valence-electron chi connectivity index (χ4n) is 3.18. The monoisotopic (exact) mass is 344 g/mol. The molecule has 0 spiro atoms. The van der Waals surface area contributed by atoms with Gasteiger partial charge in [-0.15, -0.1) is 0 Å². The van der Waals surface area contributed by atoms with Gasteiger partial charge in [-0.3, -0.25) is 4.79 Å². The number of hydrogen-bond acceptors (Lipinski definition) is 2. The van der Waals surface area contributed by atoms with Crippen molar-refractivity contribution in [3.05, 3.63) is 96.1 Å². The van der Waals surface area contributed by atoms with E-state index in [9.17, 15) is 4.79 Å². The van der Waals surface area contributed by atoms with E-state index in [2.05, 4.69) is 28.1 Å². The van der Waals surface area contributed by atoms with Crippen molar-refractivity contribution in [1.29, 1.82) is 0 Å². The number of rotatable bonds is 6. The number of benzene rings is 2. The number of hydrogen-bond donors (Lipinski definition) is 1. The second-order valence-electron chi connectivity index (χ2n) is 6.25. The lowest BCUT2D eigenvalue weighted by atomic mass is 10.2. The Morgan fingerprint density at radius 1 is 0.962 bits per heavy atom. The number of fused-ring (bicyclic) bond motifs is 1.